The second-order valence-corrected chi connectivity index (χ2v) is 7.95. The molecule has 1 amide bonds. The van der Waals surface area contributed by atoms with Crippen LogP contribution in [0.25, 0.3) is 0 Å². The second kappa shape index (κ2) is 6.41. The first-order valence-corrected chi connectivity index (χ1v) is 9.34. The number of hydrogen-bond acceptors (Lipinski definition) is 3. The lowest BCUT2D eigenvalue weighted by Gasteiger charge is -2.31. The summed E-state index contributed by atoms with van der Waals surface area (Å²) in [6.45, 7) is 0. The Kier molecular flexibility index (Phi) is 4.52. The Morgan fingerprint density at radius 2 is 2.05 bits per heavy atom. The van der Waals surface area contributed by atoms with E-state index in [0.717, 1.165) is 36.5 Å². The Balaban J connectivity index is 1.61. The third kappa shape index (κ3) is 3.19. The van der Waals surface area contributed by atoms with E-state index in [9.17, 15) is 9.00 Å². The normalized spacial score (nSPS) is 30.6. The van der Waals surface area contributed by atoms with E-state index < -0.39 is 10.8 Å². The van der Waals surface area contributed by atoms with E-state index in [2.05, 4.69) is 6.07 Å². The Morgan fingerprint density at radius 3 is 2.73 bits per heavy atom. The fraction of sp³-hybridized carbons (Fsp3) is 0.588. The molecule has 5 heteroatoms. The first kappa shape index (κ1) is 15.5. The van der Waals surface area contributed by atoms with Gasteiger partial charge in [0.15, 0.2) is 0 Å². The molecule has 1 aliphatic heterocycles. The first-order valence-electron chi connectivity index (χ1n) is 7.85. The summed E-state index contributed by atoms with van der Waals surface area (Å²) < 4.78 is 16.7. The van der Waals surface area contributed by atoms with Crippen LogP contribution < -0.4 is 4.74 Å². The molecule has 0 bridgehead atoms. The average molecular weight is 321 g/mol. The quantitative estimate of drug-likeness (QED) is 0.854. The van der Waals surface area contributed by atoms with Gasteiger partial charge in [0.05, 0.1) is 7.11 Å². The van der Waals surface area contributed by atoms with Crippen LogP contribution in [0.1, 0.15) is 30.7 Å². The smallest absolute Gasteiger partial charge is 0.226 e. The van der Waals surface area contributed by atoms with Crippen LogP contribution in [-0.2, 0) is 15.6 Å². The largest absolute Gasteiger partial charge is 0.497 e. The minimum Gasteiger partial charge on any atom is -0.497 e. The van der Waals surface area contributed by atoms with Crippen molar-refractivity contribution in [2.24, 2.45) is 5.92 Å². The molecule has 1 aromatic rings. The third-order valence-electron chi connectivity index (χ3n) is 4.88. The summed E-state index contributed by atoms with van der Waals surface area (Å²) >= 11 is 0. The zero-order valence-corrected chi connectivity index (χ0v) is 14.0. The molecule has 1 aliphatic carbocycles. The summed E-state index contributed by atoms with van der Waals surface area (Å²) in [6.07, 6.45) is 2.66. The van der Waals surface area contributed by atoms with Crippen LogP contribution >= 0.6 is 0 Å². The van der Waals surface area contributed by atoms with Gasteiger partial charge in [0.1, 0.15) is 5.75 Å². The first-order chi connectivity index (χ1) is 10.6. The number of nitrogens with zero attached hydrogens (tertiary/aromatic N) is 1. The van der Waals surface area contributed by atoms with Crippen molar-refractivity contribution in [2.75, 3.05) is 25.7 Å². The minimum atomic E-state index is -0.678. The predicted octanol–water partition coefficient (Wildman–Crippen LogP) is 2.17. The van der Waals surface area contributed by atoms with Crippen LogP contribution in [0.5, 0.6) is 5.75 Å². The number of carbonyl (C=O) groups excluding carboxylic acids is 1. The zero-order valence-electron chi connectivity index (χ0n) is 13.2. The van der Waals surface area contributed by atoms with Crippen molar-refractivity contribution < 1.29 is 13.7 Å². The van der Waals surface area contributed by atoms with Crippen molar-refractivity contribution in [2.45, 2.75) is 31.2 Å². The molecule has 22 heavy (non-hydrogen) atoms. The van der Waals surface area contributed by atoms with E-state index in [1.807, 2.05) is 30.1 Å². The maximum absolute atomic E-state index is 12.6. The van der Waals surface area contributed by atoms with Crippen molar-refractivity contribution in [3.05, 3.63) is 29.8 Å². The Labute approximate surface area is 134 Å². The van der Waals surface area contributed by atoms with Crippen molar-refractivity contribution >= 4 is 16.7 Å². The maximum atomic E-state index is 12.6. The molecule has 4 nitrogen and oxygen atoms in total. The van der Waals surface area contributed by atoms with Crippen molar-refractivity contribution in [3.8, 4) is 5.75 Å². The number of carbonyl (C=O) groups is 1. The molecule has 1 saturated carbocycles. The standard InChI is InChI=1S/C17H23NO3S/c1-18(13-6-8-22(20)9-7-13)17(19)16-11-15(16)12-4-3-5-14(10-12)21-2/h3-5,10,13,15-16H,6-9,11H2,1-2H3. The van der Waals surface area contributed by atoms with Crippen LogP contribution in [0.15, 0.2) is 24.3 Å². The summed E-state index contributed by atoms with van der Waals surface area (Å²) in [6, 6.07) is 8.27. The molecule has 2 unspecified atom stereocenters. The van der Waals surface area contributed by atoms with E-state index in [0.29, 0.717) is 5.92 Å². The Morgan fingerprint density at radius 1 is 1.32 bits per heavy atom. The number of hydrogen-bond donors (Lipinski definition) is 0. The van der Waals surface area contributed by atoms with Gasteiger partial charge in [0.25, 0.3) is 0 Å². The van der Waals surface area contributed by atoms with E-state index in [1.165, 1.54) is 5.56 Å². The van der Waals surface area contributed by atoms with Crippen molar-refractivity contribution in [1.82, 2.24) is 4.90 Å². The molecular formula is C17H23NO3S. The average Bonchev–Trinajstić information content (AvgIpc) is 3.35. The summed E-state index contributed by atoms with van der Waals surface area (Å²) in [5.74, 6) is 2.97. The van der Waals surface area contributed by atoms with Crippen LogP contribution in [0, 0.1) is 5.92 Å². The highest BCUT2D eigenvalue weighted by Crippen LogP contribution is 2.49. The van der Waals surface area contributed by atoms with Crippen LogP contribution in [0.2, 0.25) is 0 Å². The van der Waals surface area contributed by atoms with E-state index >= 15 is 0 Å². The lowest BCUT2D eigenvalue weighted by molar-refractivity contribution is -0.133. The molecule has 0 N–H and O–H groups in total. The number of benzene rings is 1. The van der Waals surface area contributed by atoms with Crippen LogP contribution in [0.4, 0.5) is 0 Å². The summed E-state index contributed by atoms with van der Waals surface area (Å²) in [5.41, 5.74) is 1.19. The number of ether oxygens (including phenoxy) is 1. The van der Waals surface area contributed by atoms with Gasteiger partial charge in [-0.25, -0.2) is 0 Å². The van der Waals surface area contributed by atoms with Gasteiger partial charge in [-0.3, -0.25) is 9.00 Å². The van der Waals surface area contributed by atoms with Gasteiger partial charge in [-0.15, -0.1) is 0 Å². The molecule has 1 aromatic carbocycles. The highest BCUT2D eigenvalue weighted by atomic mass is 32.2. The Bertz CT molecular complexity index is 579. The fourth-order valence-electron chi connectivity index (χ4n) is 3.32. The molecule has 2 atom stereocenters. The predicted molar refractivity (Wildman–Crippen MR) is 87.5 cm³/mol. The SMILES string of the molecule is COc1cccc(C2CC2C(=O)N(C)C2CCS(=O)CC2)c1. The van der Waals surface area contributed by atoms with Crippen molar-refractivity contribution in [1.29, 1.82) is 0 Å². The lowest BCUT2D eigenvalue weighted by Crippen LogP contribution is -2.42. The minimum absolute atomic E-state index is 0.101. The molecule has 1 saturated heterocycles. The monoisotopic (exact) mass is 321 g/mol. The molecule has 0 radical (unpaired) electrons. The maximum Gasteiger partial charge on any atom is 0.226 e. The molecule has 0 aromatic heterocycles. The molecule has 2 fully saturated rings. The number of amides is 1. The molecular weight excluding hydrogens is 298 g/mol. The summed E-state index contributed by atoms with van der Waals surface area (Å²) in [7, 11) is 2.89. The van der Waals surface area contributed by atoms with Gasteiger partial charge in [-0.2, -0.15) is 0 Å². The summed E-state index contributed by atoms with van der Waals surface area (Å²) in [4.78, 5) is 14.5. The highest BCUT2D eigenvalue weighted by Gasteiger charge is 2.46. The Hall–Kier alpha value is -1.36. The highest BCUT2D eigenvalue weighted by molar-refractivity contribution is 7.85. The van der Waals surface area contributed by atoms with Crippen LogP contribution in [0.3, 0.4) is 0 Å². The van der Waals surface area contributed by atoms with Gasteiger partial charge in [0, 0.05) is 41.3 Å². The fourth-order valence-corrected chi connectivity index (χ4v) is 4.59. The molecule has 1 heterocycles. The third-order valence-corrected chi connectivity index (χ3v) is 6.26. The van der Waals surface area contributed by atoms with E-state index in [-0.39, 0.29) is 17.9 Å². The molecule has 3 rings (SSSR count). The van der Waals surface area contributed by atoms with Crippen molar-refractivity contribution in [3.63, 3.8) is 0 Å². The molecule has 0 spiro atoms. The van der Waals surface area contributed by atoms with Gasteiger partial charge in [-0.05, 0) is 42.9 Å². The summed E-state index contributed by atoms with van der Waals surface area (Å²) in [5, 5.41) is 0. The molecule has 2 aliphatic rings. The van der Waals surface area contributed by atoms with E-state index in [1.54, 1.807) is 7.11 Å². The number of rotatable bonds is 4. The second-order valence-electron chi connectivity index (χ2n) is 6.25. The molecule has 120 valence electrons. The van der Waals surface area contributed by atoms with Gasteiger partial charge in [-0.1, -0.05) is 12.1 Å². The van der Waals surface area contributed by atoms with E-state index in [4.69, 9.17) is 4.74 Å². The zero-order chi connectivity index (χ0) is 15.7. The van der Waals surface area contributed by atoms with Gasteiger partial charge in [0.2, 0.25) is 5.91 Å². The topological polar surface area (TPSA) is 46.6 Å². The lowest BCUT2D eigenvalue weighted by atomic mass is 10.1. The van der Waals surface area contributed by atoms with Crippen LogP contribution in [-0.4, -0.2) is 46.7 Å². The van der Waals surface area contributed by atoms with Gasteiger partial charge >= 0.3 is 0 Å². The number of methoxy groups -OCH3 is 1. The van der Waals surface area contributed by atoms with Gasteiger partial charge < -0.3 is 9.64 Å².